The average Bonchev–Trinajstić information content (AvgIpc) is 3.25. The van der Waals surface area contributed by atoms with Crippen LogP contribution in [0, 0.1) is 11.8 Å². The molecule has 4 aliphatic rings. The second kappa shape index (κ2) is 11.0. The van der Waals surface area contributed by atoms with Crippen LogP contribution in [0.5, 0.6) is 0 Å². The van der Waals surface area contributed by atoms with Crippen LogP contribution < -0.4 is 0 Å². The van der Waals surface area contributed by atoms with Crippen LogP contribution in [0.4, 0.5) is 0 Å². The fourth-order valence-electron chi connectivity index (χ4n) is 4.71. The lowest BCUT2D eigenvalue weighted by atomic mass is 9.85. The highest BCUT2D eigenvalue weighted by Crippen LogP contribution is 2.41. The SMILES string of the molecule is OC[C@H]1O[C@@H](OCC2=CO[C@@H](O[C@@H]3O[C@H](CO)[C@@H](O)[C@H](O)[C@H]3O)[C@@H]3C=C[C@@H](O)[C@H]23)[C@H](O)[C@@H](O)[C@@H]1O. The number of ether oxygens (including phenoxy) is 5. The highest BCUT2D eigenvalue weighted by Gasteiger charge is 2.49. The first kappa shape index (κ1) is 26.8. The maximum atomic E-state index is 10.5. The normalized spacial score (nSPS) is 49.9. The van der Waals surface area contributed by atoms with E-state index < -0.39 is 98.9 Å². The Morgan fingerprint density at radius 3 is 1.86 bits per heavy atom. The molecule has 4 rings (SSSR count). The summed E-state index contributed by atoms with van der Waals surface area (Å²) in [5.74, 6) is -1.20. The van der Waals surface area contributed by atoms with Crippen molar-refractivity contribution in [2.24, 2.45) is 11.8 Å². The molecule has 0 aromatic carbocycles. The summed E-state index contributed by atoms with van der Waals surface area (Å²) < 4.78 is 27.6. The summed E-state index contributed by atoms with van der Waals surface area (Å²) >= 11 is 0. The van der Waals surface area contributed by atoms with Crippen LogP contribution in [0.1, 0.15) is 0 Å². The molecule has 0 unspecified atom stereocenters. The summed E-state index contributed by atoms with van der Waals surface area (Å²) in [5, 5.41) is 89.3. The van der Waals surface area contributed by atoms with E-state index in [1.165, 1.54) is 12.3 Å². The zero-order valence-corrected chi connectivity index (χ0v) is 18.5. The van der Waals surface area contributed by atoms with E-state index in [0.717, 1.165) is 0 Å². The molecule has 0 bridgehead atoms. The lowest BCUT2D eigenvalue weighted by molar-refractivity contribution is -0.340. The van der Waals surface area contributed by atoms with Crippen LogP contribution in [0.2, 0.25) is 0 Å². The molecule has 0 aromatic rings. The molecule has 2 fully saturated rings. The fraction of sp³-hybridized carbons (Fsp3) is 0.810. The Morgan fingerprint density at radius 1 is 0.686 bits per heavy atom. The van der Waals surface area contributed by atoms with Gasteiger partial charge in [0.05, 0.1) is 32.2 Å². The molecule has 14 nitrogen and oxygen atoms in total. The van der Waals surface area contributed by atoms with Gasteiger partial charge in [0.2, 0.25) is 6.29 Å². The van der Waals surface area contributed by atoms with Gasteiger partial charge in [-0.25, -0.2) is 0 Å². The first-order chi connectivity index (χ1) is 16.7. The van der Waals surface area contributed by atoms with Crippen LogP contribution in [0.25, 0.3) is 0 Å². The Labute approximate surface area is 199 Å². The van der Waals surface area contributed by atoms with Crippen molar-refractivity contribution in [3.8, 4) is 0 Å². The summed E-state index contributed by atoms with van der Waals surface area (Å²) in [6.45, 7) is -1.45. The summed E-state index contributed by atoms with van der Waals surface area (Å²) in [5.41, 5.74) is 0.443. The molecule has 3 aliphatic heterocycles. The van der Waals surface area contributed by atoms with E-state index in [1.807, 2.05) is 0 Å². The summed E-state index contributed by atoms with van der Waals surface area (Å²) in [4.78, 5) is 0. The third kappa shape index (κ3) is 5.13. The van der Waals surface area contributed by atoms with Crippen molar-refractivity contribution in [2.75, 3.05) is 19.8 Å². The van der Waals surface area contributed by atoms with Crippen molar-refractivity contribution in [3.05, 3.63) is 24.0 Å². The molecule has 35 heavy (non-hydrogen) atoms. The second-order valence-electron chi connectivity index (χ2n) is 9.02. The van der Waals surface area contributed by atoms with E-state index in [-0.39, 0.29) is 6.61 Å². The molecule has 9 N–H and O–H groups in total. The number of rotatable bonds is 7. The van der Waals surface area contributed by atoms with Gasteiger partial charge in [0.1, 0.15) is 48.8 Å². The first-order valence-electron chi connectivity index (χ1n) is 11.3. The van der Waals surface area contributed by atoms with Crippen LogP contribution >= 0.6 is 0 Å². The number of aliphatic hydroxyl groups is 9. The van der Waals surface area contributed by atoms with E-state index in [1.54, 1.807) is 6.08 Å². The predicted molar refractivity (Wildman–Crippen MR) is 110 cm³/mol. The smallest absolute Gasteiger partial charge is 0.208 e. The highest BCUT2D eigenvalue weighted by molar-refractivity contribution is 5.23. The van der Waals surface area contributed by atoms with Gasteiger partial charge in [0.15, 0.2) is 12.6 Å². The molecule has 0 aromatic heterocycles. The van der Waals surface area contributed by atoms with E-state index in [4.69, 9.17) is 23.7 Å². The number of fused-ring (bicyclic) bond motifs is 1. The van der Waals surface area contributed by atoms with Crippen molar-refractivity contribution in [3.63, 3.8) is 0 Å². The van der Waals surface area contributed by atoms with Crippen molar-refractivity contribution in [1.82, 2.24) is 0 Å². The lowest BCUT2D eigenvalue weighted by Gasteiger charge is -2.43. The molecule has 200 valence electrons. The largest absolute Gasteiger partial charge is 0.472 e. The topological polar surface area (TPSA) is 228 Å². The minimum absolute atomic E-state index is 0.213. The molecule has 0 spiro atoms. The van der Waals surface area contributed by atoms with Crippen molar-refractivity contribution >= 4 is 0 Å². The maximum Gasteiger partial charge on any atom is 0.208 e. The monoisotopic (exact) mass is 508 g/mol. The van der Waals surface area contributed by atoms with Gasteiger partial charge in [-0.05, 0) is 5.57 Å². The Bertz CT molecular complexity index is 773. The predicted octanol–water partition coefficient (Wildman–Crippen LogP) is -4.98. The zero-order chi connectivity index (χ0) is 25.4. The Balaban J connectivity index is 1.42. The molecular formula is C21H32O14. The van der Waals surface area contributed by atoms with Crippen LogP contribution in [0.3, 0.4) is 0 Å². The van der Waals surface area contributed by atoms with Crippen molar-refractivity contribution < 1.29 is 69.6 Å². The lowest BCUT2D eigenvalue weighted by Crippen LogP contribution is -2.60. The van der Waals surface area contributed by atoms with Gasteiger partial charge in [0.25, 0.3) is 0 Å². The van der Waals surface area contributed by atoms with Gasteiger partial charge in [-0.1, -0.05) is 12.2 Å². The average molecular weight is 508 g/mol. The molecule has 3 heterocycles. The maximum absolute atomic E-state index is 10.5. The molecule has 1 aliphatic carbocycles. The minimum atomic E-state index is -1.63. The first-order valence-corrected chi connectivity index (χ1v) is 11.3. The molecule has 14 atom stereocenters. The van der Waals surface area contributed by atoms with Gasteiger partial charge >= 0.3 is 0 Å². The summed E-state index contributed by atoms with van der Waals surface area (Å²) in [6.07, 6.45) is -12.3. The molecule has 0 amide bonds. The van der Waals surface area contributed by atoms with Crippen LogP contribution in [-0.2, 0) is 23.7 Å². The third-order valence-electron chi connectivity index (χ3n) is 6.79. The molecule has 2 saturated heterocycles. The number of hydrogen-bond acceptors (Lipinski definition) is 14. The minimum Gasteiger partial charge on any atom is -0.472 e. The van der Waals surface area contributed by atoms with E-state index in [0.29, 0.717) is 5.57 Å². The van der Waals surface area contributed by atoms with Crippen LogP contribution in [0.15, 0.2) is 24.0 Å². The highest BCUT2D eigenvalue weighted by atomic mass is 16.8. The molecule has 0 saturated carbocycles. The fourth-order valence-corrected chi connectivity index (χ4v) is 4.71. The third-order valence-corrected chi connectivity index (χ3v) is 6.79. The van der Waals surface area contributed by atoms with E-state index >= 15 is 0 Å². The quantitative estimate of drug-likeness (QED) is 0.147. The summed E-state index contributed by atoms with van der Waals surface area (Å²) in [7, 11) is 0. The van der Waals surface area contributed by atoms with Gasteiger partial charge in [-0.2, -0.15) is 0 Å². The van der Waals surface area contributed by atoms with Crippen LogP contribution in [-0.4, -0.2) is 140 Å². The molecule has 0 radical (unpaired) electrons. The summed E-state index contributed by atoms with van der Waals surface area (Å²) in [6, 6.07) is 0. The van der Waals surface area contributed by atoms with E-state index in [2.05, 4.69) is 0 Å². The van der Waals surface area contributed by atoms with Gasteiger partial charge in [-0.15, -0.1) is 0 Å². The Hall–Kier alpha value is -1.24. The Morgan fingerprint density at radius 2 is 1.26 bits per heavy atom. The molecule has 14 heteroatoms. The molecular weight excluding hydrogens is 476 g/mol. The van der Waals surface area contributed by atoms with Gasteiger partial charge in [-0.3, -0.25) is 0 Å². The van der Waals surface area contributed by atoms with Crippen molar-refractivity contribution in [2.45, 2.75) is 73.8 Å². The Kier molecular flexibility index (Phi) is 8.44. The van der Waals surface area contributed by atoms with Crippen molar-refractivity contribution in [1.29, 1.82) is 0 Å². The number of hydrogen-bond donors (Lipinski definition) is 9. The van der Waals surface area contributed by atoms with Gasteiger partial charge < -0.3 is 69.6 Å². The van der Waals surface area contributed by atoms with E-state index in [9.17, 15) is 46.0 Å². The second-order valence-corrected chi connectivity index (χ2v) is 9.02. The number of aliphatic hydroxyl groups excluding tert-OH is 9. The van der Waals surface area contributed by atoms with Gasteiger partial charge in [0, 0.05) is 11.8 Å². The standard InChI is InChI=1S/C21H32O14/c22-3-10-13(25)15(27)17(29)20(33-10)32-6-7-5-31-19(8-1-2-9(24)12(7)8)35-21-18(30)16(28)14(26)11(4-23)34-21/h1-2,5,8-30H,3-4,6H2/t8-,9-,10-,11-,12-,13-,14-,15+,16+,17-,18-,19+,20-,21+/m1/s1. The zero-order valence-electron chi connectivity index (χ0n) is 18.5.